The number of ether oxygens (including phenoxy) is 3. The molecule has 3 aromatic rings. The molecule has 10 heteroatoms. The molecule has 3 saturated heterocycles. The van der Waals surface area contributed by atoms with E-state index in [0.717, 1.165) is 73.0 Å². The van der Waals surface area contributed by atoms with Gasteiger partial charge in [0.05, 0.1) is 43.6 Å². The number of hydrogen-bond donors (Lipinski definition) is 1. The van der Waals surface area contributed by atoms with E-state index in [1.165, 1.54) is 25.8 Å². The Morgan fingerprint density at radius 2 is 1.79 bits per heavy atom. The van der Waals surface area contributed by atoms with Gasteiger partial charge in [0.15, 0.2) is 5.65 Å². The van der Waals surface area contributed by atoms with Crippen LogP contribution >= 0.6 is 0 Å². The first-order chi connectivity index (χ1) is 20.5. The summed E-state index contributed by atoms with van der Waals surface area (Å²) in [6.07, 6.45) is 4.00. The van der Waals surface area contributed by atoms with Crippen LogP contribution in [0.4, 0.5) is 11.8 Å². The third kappa shape index (κ3) is 6.46. The number of nitrogens with one attached hydrogen (secondary N) is 1. The van der Waals surface area contributed by atoms with Crippen LogP contribution in [0.15, 0.2) is 30.3 Å². The van der Waals surface area contributed by atoms with Crippen molar-refractivity contribution >= 4 is 22.8 Å². The van der Waals surface area contributed by atoms with Crippen molar-refractivity contribution in [1.82, 2.24) is 25.2 Å². The van der Waals surface area contributed by atoms with Gasteiger partial charge < -0.3 is 34.2 Å². The Balaban J connectivity index is 1.28. The van der Waals surface area contributed by atoms with Gasteiger partial charge in [-0.15, -0.1) is 0 Å². The summed E-state index contributed by atoms with van der Waals surface area (Å²) in [7, 11) is 3.97. The number of nitrogens with zero attached hydrogens (tertiary/aromatic N) is 6. The lowest BCUT2D eigenvalue weighted by Gasteiger charge is -2.36. The largest absolute Gasteiger partial charge is 0.496 e. The summed E-state index contributed by atoms with van der Waals surface area (Å²) in [5.74, 6) is 2.53. The predicted octanol–water partition coefficient (Wildman–Crippen LogP) is 3.72. The van der Waals surface area contributed by atoms with E-state index < -0.39 is 0 Å². The number of aromatic nitrogens is 3. The lowest BCUT2D eigenvalue weighted by molar-refractivity contribution is -0.00570. The van der Waals surface area contributed by atoms with Crippen LogP contribution in [0.1, 0.15) is 38.7 Å². The standard InChI is InChI=1S/C32H45N7O3/c1-22-20-39(21-23(2)42-22)32-35-30-27(31(36-32)38-14-16-41-17-15-38)8-9-28(34-30)24-7-10-29(40-4)25(18-24)19-33-12-11-26-6-5-13-37(26)3/h7-10,18,22-23,26,33H,5-6,11-17,19-21H2,1-4H3/t22-,23+,26?. The fourth-order valence-corrected chi connectivity index (χ4v) is 6.55. The molecule has 0 spiro atoms. The van der Waals surface area contributed by atoms with Gasteiger partial charge >= 0.3 is 0 Å². The highest BCUT2D eigenvalue weighted by molar-refractivity contribution is 5.90. The van der Waals surface area contributed by atoms with Gasteiger partial charge in [-0.25, -0.2) is 4.98 Å². The molecule has 0 amide bonds. The zero-order valence-electron chi connectivity index (χ0n) is 25.5. The molecule has 10 nitrogen and oxygen atoms in total. The topological polar surface area (TPSA) is 88.1 Å². The Bertz CT molecular complexity index is 1360. The molecule has 3 atom stereocenters. The second-order valence-corrected chi connectivity index (χ2v) is 11.9. The van der Waals surface area contributed by atoms with Crippen molar-refractivity contribution in [2.24, 2.45) is 0 Å². The summed E-state index contributed by atoms with van der Waals surface area (Å²) in [6.45, 7) is 11.7. The molecule has 0 bridgehead atoms. The first kappa shape index (κ1) is 29.0. The fourth-order valence-electron chi connectivity index (χ4n) is 6.55. The summed E-state index contributed by atoms with van der Waals surface area (Å²) >= 11 is 0. The molecule has 1 unspecified atom stereocenters. The Kier molecular flexibility index (Phi) is 9.04. The van der Waals surface area contributed by atoms with Gasteiger partial charge in [0.2, 0.25) is 5.95 Å². The van der Waals surface area contributed by atoms with Crippen LogP contribution in [0, 0.1) is 0 Å². The average molecular weight is 576 g/mol. The molecule has 3 aliphatic rings. The van der Waals surface area contributed by atoms with Crippen molar-refractivity contribution in [1.29, 1.82) is 0 Å². The summed E-state index contributed by atoms with van der Waals surface area (Å²) in [6, 6.07) is 11.2. The number of methoxy groups -OCH3 is 1. The second-order valence-electron chi connectivity index (χ2n) is 11.9. The van der Waals surface area contributed by atoms with Crippen LogP contribution in [-0.4, -0.2) is 105 Å². The quantitative estimate of drug-likeness (QED) is 0.381. The Morgan fingerprint density at radius 3 is 2.52 bits per heavy atom. The number of likely N-dealkylation sites (tertiary alicyclic amines) is 1. The molecule has 0 aliphatic carbocycles. The smallest absolute Gasteiger partial charge is 0.229 e. The molecule has 1 N–H and O–H groups in total. The molecule has 42 heavy (non-hydrogen) atoms. The minimum absolute atomic E-state index is 0.115. The normalized spacial score (nSPS) is 23.6. The highest BCUT2D eigenvalue weighted by Gasteiger charge is 2.27. The minimum atomic E-state index is 0.115. The van der Waals surface area contributed by atoms with Gasteiger partial charge in [0, 0.05) is 49.9 Å². The number of fused-ring (bicyclic) bond motifs is 1. The van der Waals surface area contributed by atoms with Crippen LogP contribution in [0.3, 0.4) is 0 Å². The summed E-state index contributed by atoms with van der Waals surface area (Å²) in [4.78, 5) is 22.2. The van der Waals surface area contributed by atoms with E-state index >= 15 is 0 Å². The van der Waals surface area contributed by atoms with Gasteiger partial charge in [-0.05, 0) is 83.6 Å². The summed E-state index contributed by atoms with van der Waals surface area (Å²) in [5.41, 5.74) is 3.78. The van der Waals surface area contributed by atoms with Crippen LogP contribution in [0.5, 0.6) is 5.75 Å². The molecule has 0 saturated carbocycles. The number of morpholine rings is 2. The van der Waals surface area contributed by atoms with E-state index in [1.54, 1.807) is 7.11 Å². The molecule has 1 aromatic carbocycles. The molecular formula is C32H45N7O3. The van der Waals surface area contributed by atoms with Gasteiger partial charge in [-0.1, -0.05) is 0 Å². The predicted molar refractivity (Wildman–Crippen MR) is 167 cm³/mol. The van der Waals surface area contributed by atoms with Crippen LogP contribution in [0.2, 0.25) is 0 Å². The Morgan fingerprint density at radius 1 is 0.976 bits per heavy atom. The third-order valence-electron chi connectivity index (χ3n) is 8.76. The first-order valence-electron chi connectivity index (χ1n) is 15.5. The van der Waals surface area contributed by atoms with Gasteiger partial charge in [0.1, 0.15) is 11.6 Å². The van der Waals surface area contributed by atoms with E-state index in [1.807, 2.05) is 6.07 Å². The zero-order valence-corrected chi connectivity index (χ0v) is 25.5. The van der Waals surface area contributed by atoms with Crippen molar-refractivity contribution in [3.05, 3.63) is 35.9 Å². The van der Waals surface area contributed by atoms with E-state index in [0.29, 0.717) is 30.9 Å². The van der Waals surface area contributed by atoms with Crippen LogP contribution in [0.25, 0.3) is 22.3 Å². The molecule has 0 radical (unpaired) electrons. The molecule has 6 rings (SSSR count). The molecule has 2 aromatic heterocycles. The second kappa shape index (κ2) is 13.1. The molecule has 226 valence electrons. The fraction of sp³-hybridized carbons (Fsp3) is 0.594. The van der Waals surface area contributed by atoms with E-state index in [9.17, 15) is 0 Å². The van der Waals surface area contributed by atoms with E-state index in [4.69, 9.17) is 29.2 Å². The third-order valence-corrected chi connectivity index (χ3v) is 8.76. The van der Waals surface area contributed by atoms with Crippen molar-refractivity contribution < 1.29 is 14.2 Å². The number of pyridine rings is 1. The lowest BCUT2D eigenvalue weighted by atomic mass is 10.1. The number of rotatable bonds is 9. The highest BCUT2D eigenvalue weighted by atomic mass is 16.5. The maximum atomic E-state index is 5.99. The Labute approximate surface area is 249 Å². The molecule has 5 heterocycles. The van der Waals surface area contributed by atoms with E-state index in [-0.39, 0.29) is 12.2 Å². The van der Waals surface area contributed by atoms with Gasteiger partial charge in [-0.3, -0.25) is 0 Å². The lowest BCUT2D eigenvalue weighted by Crippen LogP contribution is -2.46. The number of benzene rings is 1. The highest BCUT2D eigenvalue weighted by Crippen LogP contribution is 2.31. The SMILES string of the molecule is COc1ccc(-c2ccc3c(N4CCOCC4)nc(N4C[C@@H](C)O[C@@H](C)C4)nc3n2)cc1CNCCC1CCCN1C. The molecule has 3 aliphatic heterocycles. The molecule has 3 fully saturated rings. The number of anilines is 2. The maximum absolute atomic E-state index is 5.99. The summed E-state index contributed by atoms with van der Waals surface area (Å²) < 4.78 is 17.3. The van der Waals surface area contributed by atoms with Crippen molar-refractivity contribution in [2.45, 2.75) is 57.9 Å². The van der Waals surface area contributed by atoms with Gasteiger partial charge in [-0.2, -0.15) is 9.97 Å². The minimum Gasteiger partial charge on any atom is -0.496 e. The van der Waals surface area contributed by atoms with Crippen molar-refractivity contribution in [2.75, 3.05) is 76.4 Å². The van der Waals surface area contributed by atoms with E-state index in [2.05, 4.69) is 65.2 Å². The summed E-state index contributed by atoms with van der Waals surface area (Å²) in [5, 5.41) is 4.61. The van der Waals surface area contributed by atoms with Crippen LogP contribution in [-0.2, 0) is 16.0 Å². The first-order valence-corrected chi connectivity index (χ1v) is 15.5. The number of hydrogen-bond acceptors (Lipinski definition) is 10. The maximum Gasteiger partial charge on any atom is 0.229 e. The monoisotopic (exact) mass is 575 g/mol. The average Bonchev–Trinajstić information content (AvgIpc) is 3.42. The molecular weight excluding hydrogens is 530 g/mol. The van der Waals surface area contributed by atoms with Crippen LogP contribution < -0.4 is 19.9 Å². The van der Waals surface area contributed by atoms with Crippen molar-refractivity contribution in [3.8, 4) is 17.0 Å². The van der Waals surface area contributed by atoms with Crippen molar-refractivity contribution in [3.63, 3.8) is 0 Å². The van der Waals surface area contributed by atoms with Gasteiger partial charge in [0.25, 0.3) is 0 Å². The zero-order chi connectivity index (χ0) is 29.1. The Hall–Kier alpha value is -3.05.